The number of hydrogen-bond donors (Lipinski definition) is 0. The number of hydrogen-bond acceptors (Lipinski definition) is 4. The Morgan fingerprint density at radius 2 is 1.89 bits per heavy atom. The molecule has 27 heavy (non-hydrogen) atoms. The monoisotopic (exact) mass is 417 g/mol. The standard InChI is InChI=1S/C20H13Cl2NO3S/c1-2-9-23-19(24)18(27-20(23)25)10-13-3-7-16(8-4-13)26-12-14-5-6-15(21)11-17(14)22/h1,3-8,10-11H,9,12H2/b18-10+. The molecule has 1 fully saturated rings. The van der Waals surface area contributed by atoms with Crippen LogP contribution in [0.15, 0.2) is 47.4 Å². The summed E-state index contributed by atoms with van der Waals surface area (Å²) in [6, 6.07) is 12.4. The molecule has 0 N–H and O–H groups in total. The summed E-state index contributed by atoms with van der Waals surface area (Å²) in [6.45, 7) is 0.280. The van der Waals surface area contributed by atoms with Gasteiger partial charge in [0.25, 0.3) is 11.1 Å². The molecule has 0 atom stereocenters. The number of benzene rings is 2. The van der Waals surface area contributed by atoms with Gasteiger partial charge in [-0.05, 0) is 47.7 Å². The summed E-state index contributed by atoms with van der Waals surface area (Å²) in [6.07, 6.45) is 6.84. The van der Waals surface area contributed by atoms with Crippen molar-refractivity contribution in [3.63, 3.8) is 0 Å². The number of terminal acetylenes is 1. The van der Waals surface area contributed by atoms with E-state index < -0.39 is 0 Å². The molecule has 1 heterocycles. The molecule has 1 aliphatic rings. The Morgan fingerprint density at radius 1 is 1.15 bits per heavy atom. The van der Waals surface area contributed by atoms with Gasteiger partial charge in [-0.1, -0.05) is 47.3 Å². The predicted molar refractivity (Wildman–Crippen MR) is 109 cm³/mol. The van der Waals surface area contributed by atoms with Crippen LogP contribution in [0.2, 0.25) is 10.0 Å². The first-order chi connectivity index (χ1) is 13.0. The van der Waals surface area contributed by atoms with Gasteiger partial charge in [-0.25, -0.2) is 0 Å². The third-order valence-electron chi connectivity index (χ3n) is 3.71. The van der Waals surface area contributed by atoms with E-state index >= 15 is 0 Å². The van der Waals surface area contributed by atoms with E-state index in [1.807, 2.05) is 6.07 Å². The number of amides is 2. The lowest BCUT2D eigenvalue weighted by Gasteiger charge is -2.08. The van der Waals surface area contributed by atoms with Gasteiger partial charge in [0.05, 0.1) is 11.4 Å². The Bertz CT molecular complexity index is 964. The van der Waals surface area contributed by atoms with Crippen molar-refractivity contribution in [1.29, 1.82) is 0 Å². The highest BCUT2D eigenvalue weighted by Crippen LogP contribution is 2.32. The van der Waals surface area contributed by atoms with Crippen molar-refractivity contribution >= 4 is 52.2 Å². The number of carbonyl (C=O) groups excluding carboxylic acids is 2. The maximum atomic E-state index is 12.2. The zero-order valence-electron chi connectivity index (χ0n) is 13.9. The molecule has 0 bridgehead atoms. The zero-order chi connectivity index (χ0) is 19.4. The quantitative estimate of drug-likeness (QED) is 0.492. The third kappa shape index (κ3) is 4.67. The van der Waals surface area contributed by atoms with E-state index in [0.717, 1.165) is 27.8 Å². The van der Waals surface area contributed by atoms with Crippen LogP contribution < -0.4 is 4.74 Å². The van der Waals surface area contributed by atoms with Gasteiger partial charge in [-0.3, -0.25) is 14.5 Å². The number of ether oxygens (including phenoxy) is 1. The highest BCUT2D eigenvalue weighted by atomic mass is 35.5. The number of nitrogens with zero attached hydrogens (tertiary/aromatic N) is 1. The highest BCUT2D eigenvalue weighted by Gasteiger charge is 2.34. The molecule has 2 aromatic rings. The Kier molecular flexibility index (Phi) is 6.12. The fraction of sp³-hybridized carbons (Fsp3) is 0.100. The third-order valence-corrected chi connectivity index (χ3v) is 5.20. The van der Waals surface area contributed by atoms with E-state index in [4.69, 9.17) is 34.4 Å². The molecule has 1 saturated heterocycles. The normalized spacial score (nSPS) is 15.3. The topological polar surface area (TPSA) is 46.6 Å². The summed E-state index contributed by atoms with van der Waals surface area (Å²) >= 11 is 12.9. The Balaban J connectivity index is 1.66. The van der Waals surface area contributed by atoms with Crippen molar-refractivity contribution < 1.29 is 14.3 Å². The molecule has 136 valence electrons. The summed E-state index contributed by atoms with van der Waals surface area (Å²) in [5, 5.41) is 0.755. The lowest BCUT2D eigenvalue weighted by atomic mass is 10.2. The second-order valence-corrected chi connectivity index (χ2v) is 7.40. The molecule has 3 rings (SSSR count). The first-order valence-corrected chi connectivity index (χ1v) is 9.41. The molecule has 0 unspecified atom stereocenters. The lowest BCUT2D eigenvalue weighted by molar-refractivity contribution is -0.122. The maximum absolute atomic E-state index is 12.2. The summed E-state index contributed by atoms with van der Waals surface area (Å²) in [7, 11) is 0. The second kappa shape index (κ2) is 8.53. The predicted octanol–water partition coefficient (Wildman–Crippen LogP) is 5.24. The number of thioether (sulfide) groups is 1. The van der Waals surface area contributed by atoms with Crippen LogP contribution in [0.3, 0.4) is 0 Å². The van der Waals surface area contributed by atoms with Crippen LogP contribution >= 0.6 is 35.0 Å². The van der Waals surface area contributed by atoms with Crippen molar-refractivity contribution in [2.75, 3.05) is 6.54 Å². The number of imide groups is 1. The van der Waals surface area contributed by atoms with Crippen molar-refractivity contribution in [3.05, 3.63) is 68.5 Å². The van der Waals surface area contributed by atoms with E-state index in [9.17, 15) is 9.59 Å². The fourth-order valence-corrected chi connectivity index (χ4v) is 3.64. The van der Waals surface area contributed by atoms with E-state index in [1.165, 1.54) is 0 Å². The second-order valence-electron chi connectivity index (χ2n) is 5.57. The molecule has 0 saturated carbocycles. The molecule has 0 aromatic heterocycles. The van der Waals surface area contributed by atoms with E-state index in [0.29, 0.717) is 27.3 Å². The molecular weight excluding hydrogens is 405 g/mol. The molecule has 7 heteroatoms. The van der Waals surface area contributed by atoms with Gasteiger partial charge in [0.15, 0.2) is 0 Å². The van der Waals surface area contributed by atoms with Gasteiger partial charge in [0.1, 0.15) is 12.4 Å². The van der Waals surface area contributed by atoms with Gasteiger partial charge >= 0.3 is 0 Å². The van der Waals surface area contributed by atoms with Crippen molar-refractivity contribution in [2.45, 2.75) is 6.61 Å². The summed E-state index contributed by atoms with van der Waals surface area (Å²) in [4.78, 5) is 25.3. The minimum atomic E-state index is -0.374. The minimum Gasteiger partial charge on any atom is -0.489 e. The maximum Gasteiger partial charge on any atom is 0.294 e. The van der Waals surface area contributed by atoms with Crippen molar-refractivity contribution in [3.8, 4) is 18.1 Å². The van der Waals surface area contributed by atoms with E-state index in [-0.39, 0.29) is 17.7 Å². The van der Waals surface area contributed by atoms with Crippen LogP contribution in [-0.2, 0) is 11.4 Å². The molecule has 4 nitrogen and oxygen atoms in total. The molecule has 1 aliphatic heterocycles. The van der Waals surface area contributed by atoms with Crippen LogP contribution in [0.25, 0.3) is 6.08 Å². The average molecular weight is 418 g/mol. The SMILES string of the molecule is C#CCN1C(=O)S/C(=C/c2ccc(OCc3ccc(Cl)cc3Cl)cc2)C1=O. The smallest absolute Gasteiger partial charge is 0.294 e. The first-order valence-electron chi connectivity index (χ1n) is 7.83. The van der Waals surface area contributed by atoms with Gasteiger partial charge < -0.3 is 4.74 Å². The number of rotatable bonds is 5. The molecule has 0 spiro atoms. The van der Waals surface area contributed by atoms with E-state index in [2.05, 4.69) is 5.92 Å². The molecule has 0 aliphatic carbocycles. The number of carbonyl (C=O) groups is 2. The van der Waals surface area contributed by atoms with Crippen molar-refractivity contribution in [2.24, 2.45) is 0 Å². The molecule has 0 radical (unpaired) electrons. The van der Waals surface area contributed by atoms with Crippen LogP contribution in [0.1, 0.15) is 11.1 Å². The van der Waals surface area contributed by atoms with Crippen LogP contribution in [-0.4, -0.2) is 22.6 Å². The van der Waals surface area contributed by atoms with Gasteiger partial charge in [0, 0.05) is 15.6 Å². The van der Waals surface area contributed by atoms with Crippen LogP contribution in [0.5, 0.6) is 5.75 Å². The number of halogens is 2. The average Bonchev–Trinajstić information content (AvgIpc) is 2.90. The summed E-state index contributed by atoms with van der Waals surface area (Å²) in [5.41, 5.74) is 1.60. The molecule has 2 amide bonds. The Labute approximate surface area is 171 Å². The van der Waals surface area contributed by atoms with E-state index in [1.54, 1.807) is 42.5 Å². The van der Waals surface area contributed by atoms with Gasteiger partial charge in [-0.15, -0.1) is 6.42 Å². The summed E-state index contributed by atoms with van der Waals surface area (Å²) < 4.78 is 5.72. The Morgan fingerprint density at radius 3 is 2.56 bits per heavy atom. The molecular formula is C20H13Cl2NO3S. The van der Waals surface area contributed by atoms with Crippen molar-refractivity contribution in [1.82, 2.24) is 4.90 Å². The largest absolute Gasteiger partial charge is 0.489 e. The highest BCUT2D eigenvalue weighted by molar-refractivity contribution is 8.18. The first kappa shape index (κ1) is 19.4. The summed E-state index contributed by atoms with van der Waals surface area (Å²) in [5.74, 6) is 2.58. The van der Waals surface area contributed by atoms with Crippen LogP contribution in [0.4, 0.5) is 4.79 Å². The lowest BCUT2D eigenvalue weighted by Crippen LogP contribution is -2.28. The van der Waals surface area contributed by atoms with Gasteiger partial charge in [0.2, 0.25) is 0 Å². The van der Waals surface area contributed by atoms with Crippen LogP contribution in [0, 0.1) is 12.3 Å². The minimum absolute atomic E-state index is 0.0258. The Hall–Kier alpha value is -2.39. The fourth-order valence-electron chi connectivity index (χ4n) is 2.34. The van der Waals surface area contributed by atoms with Gasteiger partial charge in [-0.2, -0.15) is 0 Å². The zero-order valence-corrected chi connectivity index (χ0v) is 16.3. The molecule has 2 aromatic carbocycles.